The van der Waals surface area contributed by atoms with Gasteiger partial charge >= 0.3 is 70.2 Å². The Balaban J connectivity index is 2.88. The minimum absolute atomic E-state index is 0.571. The molecule has 0 atom stereocenters. The maximum atomic E-state index is 2.46. The second-order valence-electron chi connectivity index (χ2n) is 2.61. The van der Waals surface area contributed by atoms with Crippen LogP contribution < -0.4 is 0 Å². The Hall–Kier alpha value is -0.266. The number of rotatable bonds is 2. The molecule has 0 radical (unpaired) electrons. The van der Waals surface area contributed by atoms with Crippen LogP contribution in [0.15, 0.2) is 18.5 Å². The summed E-state index contributed by atoms with van der Waals surface area (Å²) in [4.78, 5) is 0. The predicted molar refractivity (Wildman–Crippen MR) is 40.0 cm³/mol. The Bertz CT molecular complexity index is 225. The molecule has 0 spiro atoms. The average Bonchev–Trinajstić information content (AvgIpc) is 2.34. The van der Waals surface area contributed by atoms with E-state index in [1.54, 1.807) is 0 Å². The average molecular weight is 172 g/mol. The zero-order valence-corrected chi connectivity index (χ0v) is 7.68. The van der Waals surface area contributed by atoms with Crippen molar-refractivity contribution in [1.29, 1.82) is 0 Å². The van der Waals surface area contributed by atoms with E-state index in [1.807, 2.05) is 4.73 Å². The molecule has 1 nitrogen and oxygen atoms in total. The Labute approximate surface area is 70.5 Å². The Kier molecular flexibility index (Phi) is 2.53. The zero-order chi connectivity index (χ0) is 7.56. The van der Waals surface area contributed by atoms with Gasteiger partial charge in [-0.1, -0.05) is 0 Å². The third kappa shape index (κ3) is 1.62. The third-order valence-electron chi connectivity index (χ3n) is 1.48. The van der Waals surface area contributed by atoms with E-state index in [0.29, 0.717) is 6.04 Å². The summed E-state index contributed by atoms with van der Waals surface area (Å²) in [5.74, 6) is 0. The molecule has 0 amide bonds. The van der Waals surface area contributed by atoms with Crippen LogP contribution in [0.5, 0.6) is 0 Å². The molecule has 0 bridgehead atoms. The molecule has 0 aliphatic rings. The fraction of sp³-hybridized carbons (Fsp3) is 0.375. The van der Waals surface area contributed by atoms with E-state index in [0.717, 1.165) is 0 Å². The molecule has 53 valence electrons. The van der Waals surface area contributed by atoms with E-state index in [-0.39, 0.29) is 0 Å². The van der Waals surface area contributed by atoms with Crippen molar-refractivity contribution in [3.63, 3.8) is 0 Å². The number of nitrogens with zero attached hydrogens (tertiary/aromatic N) is 1. The van der Waals surface area contributed by atoms with Crippen LogP contribution in [0.3, 0.4) is 0 Å². The monoisotopic (exact) mass is 172 g/mol. The van der Waals surface area contributed by atoms with Crippen molar-refractivity contribution in [2.45, 2.75) is 19.9 Å². The normalized spacial score (nSPS) is 10.2. The third-order valence-corrected chi connectivity index (χ3v) is 1.95. The van der Waals surface area contributed by atoms with Crippen LogP contribution in [0.2, 0.25) is 0 Å². The van der Waals surface area contributed by atoms with Gasteiger partial charge in [0.25, 0.3) is 0 Å². The van der Waals surface area contributed by atoms with Gasteiger partial charge in [0, 0.05) is 0 Å². The summed E-state index contributed by atoms with van der Waals surface area (Å²) in [6.07, 6.45) is 4.24. The number of aromatic nitrogens is 1. The van der Waals surface area contributed by atoms with Crippen LogP contribution in [0.4, 0.5) is 0 Å². The summed E-state index contributed by atoms with van der Waals surface area (Å²) in [6, 6.07) is 2.68. The standard InChI is InChI=1S/C8H11N.V/c1-7(2)9-5-4-8(3)6-9;/h3-7H,1-2H3;. The molecule has 1 rings (SSSR count). The van der Waals surface area contributed by atoms with Gasteiger partial charge in [-0.05, 0) is 0 Å². The molecule has 0 aromatic carbocycles. The van der Waals surface area contributed by atoms with Crippen LogP contribution in [-0.2, 0) is 17.0 Å². The molecule has 0 saturated carbocycles. The zero-order valence-electron chi connectivity index (χ0n) is 6.28. The van der Waals surface area contributed by atoms with Crippen molar-refractivity contribution >= 4 is 4.73 Å². The van der Waals surface area contributed by atoms with Crippen molar-refractivity contribution in [3.8, 4) is 0 Å². The van der Waals surface area contributed by atoms with Gasteiger partial charge in [0.2, 0.25) is 0 Å². The summed E-state index contributed by atoms with van der Waals surface area (Å²) in [5.41, 5.74) is 1.27. The molecule has 1 aromatic rings. The Morgan fingerprint density at radius 1 is 1.60 bits per heavy atom. The molecule has 0 aliphatic carbocycles. The first-order chi connectivity index (χ1) is 4.74. The van der Waals surface area contributed by atoms with Crippen LogP contribution in [-0.4, -0.2) is 9.30 Å². The van der Waals surface area contributed by atoms with Crippen molar-refractivity contribution < 1.29 is 17.0 Å². The van der Waals surface area contributed by atoms with Crippen molar-refractivity contribution in [1.82, 2.24) is 4.57 Å². The van der Waals surface area contributed by atoms with Crippen molar-refractivity contribution in [2.24, 2.45) is 0 Å². The van der Waals surface area contributed by atoms with Gasteiger partial charge in [0.1, 0.15) is 0 Å². The van der Waals surface area contributed by atoms with E-state index < -0.39 is 0 Å². The molecular formula is C8H11NV. The summed E-state index contributed by atoms with van der Waals surface area (Å²) in [7, 11) is 0. The van der Waals surface area contributed by atoms with Gasteiger partial charge in [-0.15, -0.1) is 0 Å². The first-order valence-corrected chi connectivity index (χ1v) is 4.19. The first kappa shape index (κ1) is 7.84. The van der Waals surface area contributed by atoms with Gasteiger partial charge in [0.05, 0.1) is 0 Å². The molecule has 0 saturated heterocycles. The minimum atomic E-state index is 0.571. The van der Waals surface area contributed by atoms with Gasteiger partial charge in [0.15, 0.2) is 0 Å². The SMILES string of the molecule is CC(C)n1ccc([CH]=[V])c1. The molecule has 1 heterocycles. The fourth-order valence-corrected chi connectivity index (χ4v) is 1.07. The molecule has 1 aromatic heterocycles. The van der Waals surface area contributed by atoms with Gasteiger partial charge < -0.3 is 0 Å². The van der Waals surface area contributed by atoms with Crippen LogP contribution >= 0.6 is 0 Å². The van der Waals surface area contributed by atoms with Crippen molar-refractivity contribution in [3.05, 3.63) is 24.0 Å². The van der Waals surface area contributed by atoms with Crippen LogP contribution in [0.25, 0.3) is 0 Å². The quantitative estimate of drug-likeness (QED) is 0.640. The van der Waals surface area contributed by atoms with Crippen LogP contribution in [0, 0.1) is 0 Å². The molecule has 0 fully saturated rings. The van der Waals surface area contributed by atoms with E-state index in [9.17, 15) is 0 Å². The second-order valence-corrected chi connectivity index (χ2v) is 3.02. The van der Waals surface area contributed by atoms with Crippen molar-refractivity contribution in [2.75, 3.05) is 0 Å². The molecule has 0 unspecified atom stereocenters. The predicted octanol–water partition coefficient (Wildman–Crippen LogP) is 1.77. The van der Waals surface area contributed by atoms with Crippen LogP contribution in [0.1, 0.15) is 25.5 Å². The van der Waals surface area contributed by atoms with E-state index in [4.69, 9.17) is 0 Å². The van der Waals surface area contributed by atoms with E-state index >= 15 is 0 Å². The molecule has 0 aliphatic heterocycles. The van der Waals surface area contributed by atoms with E-state index in [2.05, 4.69) is 53.9 Å². The first-order valence-electron chi connectivity index (χ1n) is 3.39. The summed E-state index contributed by atoms with van der Waals surface area (Å²) >= 11 is 2.46. The Morgan fingerprint density at radius 3 is 2.60 bits per heavy atom. The molecule has 2 heteroatoms. The summed E-state index contributed by atoms with van der Waals surface area (Å²) in [5, 5.41) is 0. The second kappa shape index (κ2) is 3.22. The van der Waals surface area contributed by atoms with Gasteiger partial charge in [-0.25, -0.2) is 0 Å². The Morgan fingerprint density at radius 2 is 2.30 bits per heavy atom. The topological polar surface area (TPSA) is 4.93 Å². The summed E-state index contributed by atoms with van der Waals surface area (Å²) < 4.78 is 4.24. The summed E-state index contributed by atoms with van der Waals surface area (Å²) in [6.45, 7) is 4.35. The number of hydrogen-bond acceptors (Lipinski definition) is 0. The number of hydrogen-bond donors (Lipinski definition) is 0. The molecule has 10 heavy (non-hydrogen) atoms. The molecular weight excluding hydrogens is 161 g/mol. The van der Waals surface area contributed by atoms with Gasteiger partial charge in [-0.3, -0.25) is 0 Å². The van der Waals surface area contributed by atoms with E-state index in [1.165, 1.54) is 5.56 Å². The maximum absolute atomic E-state index is 2.46. The fourth-order valence-electron chi connectivity index (χ4n) is 0.828. The van der Waals surface area contributed by atoms with Gasteiger partial charge in [-0.2, -0.15) is 0 Å². The molecule has 0 N–H and O–H groups in total.